The molecule has 34 heavy (non-hydrogen) atoms. The number of carbonyl (C=O) groups is 1. The first-order chi connectivity index (χ1) is 16.2. The Labute approximate surface area is 196 Å². The van der Waals surface area contributed by atoms with E-state index in [0.29, 0.717) is 40.1 Å². The third-order valence-corrected chi connectivity index (χ3v) is 6.38. The number of nitriles is 1. The topological polar surface area (TPSA) is 108 Å². The van der Waals surface area contributed by atoms with Crippen LogP contribution in [-0.2, 0) is 10.7 Å². The summed E-state index contributed by atoms with van der Waals surface area (Å²) in [5, 5.41) is 20.3. The van der Waals surface area contributed by atoms with E-state index in [1.807, 2.05) is 6.92 Å². The van der Waals surface area contributed by atoms with E-state index in [1.54, 1.807) is 28.8 Å². The van der Waals surface area contributed by atoms with Gasteiger partial charge in [0.05, 0.1) is 35.2 Å². The van der Waals surface area contributed by atoms with Crippen LogP contribution in [0, 0.1) is 18.3 Å². The maximum Gasteiger partial charge on any atom is 0.283 e. The molecule has 2 aromatic heterocycles. The fourth-order valence-electron chi connectivity index (χ4n) is 4.72. The largest absolute Gasteiger partial charge is 0.387 e. The van der Waals surface area contributed by atoms with Crippen LogP contribution < -0.4 is 5.73 Å². The summed E-state index contributed by atoms with van der Waals surface area (Å²) in [6.45, 7) is 4.05. The zero-order valence-electron chi connectivity index (χ0n) is 19.0. The van der Waals surface area contributed by atoms with Gasteiger partial charge in [-0.1, -0.05) is 6.42 Å². The Morgan fingerprint density at radius 1 is 1.26 bits per heavy atom. The van der Waals surface area contributed by atoms with Crippen LogP contribution in [0.3, 0.4) is 0 Å². The van der Waals surface area contributed by atoms with E-state index in [1.165, 1.54) is 12.5 Å². The van der Waals surface area contributed by atoms with Crippen LogP contribution in [0.4, 0.5) is 8.78 Å². The highest BCUT2D eigenvalue weighted by molar-refractivity contribution is 5.85. The van der Waals surface area contributed by atoms with Crippen molar-refractivity contribution in [2.75, 3.05) is 19.6 Å². The molecule has 1 aliphatic rings. The number of aromatic nitrogens is 2. The number of likely N-dealkylation sites (tertiary alicyclic amines) is 1. The molecular weight excluding hydrogens is 440 g/mol. The second-order valence-electron chi connectivity index (χ2n) is 8.81. The van der Waals surface area contributed by atoms with Crippen LogP contribution in [0.2, 0.25) is 0 Å². The number of pyridine rings is 1. The van der Waals surface area contributed by atoms with Crippen molar-refractivity contribution in [3.05, 3.63) is 58.9 Å². The third-order valence-electron chi connectivity index (χ3n) is 6.38. The molecular formula is C25H27F2N5O2. The molecule has 3 N–H and O–H groups in total. The van der Waals surface area contributed by atoms with E-state index in [0.717, 1.165) is 32.1 Å². The van der Waals surface area contributed by atoms with Gasteiger partial charge in [0.15, 0.2) is 0 Å². The Morgan fingerprint density at radius 2 is 1.94 bits per heavy atom. The van der Waals surface area contributed by atoms with Crippen molar-refractivity contribution in [1.82, 2.24) is 14.5 Å². The molecule has 178 valence electrons. The maximum atomic E-state index is 14.7. The number of aliphatic hydroxyl groups excluding tert-OH is 1. The van der Waals surface area contributed by atoms with Crippen molar-refractivity contribution in [3.63, 3.8) is 0 Å². The maximum absolute atomic E-state index is 14.7. The van der Waals surface area contributed by atoms with Gasteiger partial charge in [0.2, 0.25) is 5.91 Å². The second kappa shape index (κ2) is 9.49. The van der Waals surface area contributed by atoms with Crippen molar-refractivity contribution < 1.29 is 18.7 Å². The van der Waals surface area contributed by atoms with E-state index in [9.17, 15) is 18.7 Å². The van der Waals surface area contributed by atoms with Crippen molar-refractivity contribution in [1.29, 1.82) is 5.26 Å². The van der Waals surface area contributed by atoms with Gasteiger partial charge >= 0.3 is 0 Å². The fourth-order valence-corrected chi connectivity index (χ4v) is 4.72. The molecule has 1 saturated heterocycles. The highest BCUT2D eigenvalue weighted by Crippen LogP contribution is 2.37. The van der Waals surface area contributed by atoms with Gasteiger partial charge in [-0.2, -0.15) is 5.26 Å². The number of primary amides is 1. The molecule has 0 bridgehead atoms. The quantitative estimate of drug-likeness (QED) is 0.551. The van der Waals surface area contributed by atoms with E-state index in [2.05, 4.69) is 16.0 Å². The number of carbonyl (C=O) groups excluding carboxylic acids is 1. The van der Waals surface area contributed by atoms with Gasteiger partial charge < -0.3 is 20.3 Å². The number of fused-ring (bicyclic) bond motifs is 1. The van der Waals surface area contributed by atoms with Gasteiger partial charge in [0.25, 0.3) is 5.92 Å². The number of hydrogen-bond acceptors (Lipinski definition) is 5. The zero-order valence-corrected chi connectivity index (χ0v) is 19.0. The molecule has 9 heteroatoms. The molecule has 1 atom stereocenters. The molecule has 1 aliphatic heterocycles. The molecule has 0 spiro atoms. The summed E-state index contributed by atoms with van der Waals surface area (Å²) in [7, 11) is 0. The molecule has 1 aromatic carbocycles. The summed E-state index contributed by atoms with van der Waals surface area (Å²) < 4.78 is 31.2. The van der Waals surface area contributed by atoms with Crippen molar-refractivity contribution in [2.24, 2.45) is 5.73 Å². The van der Waals surface area contributed by atoms with Crippen molar-refractivity contribution in [2.45, 2.75) is 44.6 Å². The van der Waals surface area contributed by atoms with E-state index in [-0.39, 0.29) is 0 Å². The molecule has 1 fully saturated rings. The first-order valence-corrected chi connectivity index (χ1v) is 11.3. The SMILES string of the molecule is Cc1c(C(O)CN2CCCCC2)c2ncc(C(F)(F)CC(N)=O)cc2n1-c1ccc(C#N)cc1. The lowest BCUT2D eigenvalue weighted by atomic mass is 10.0. The number of aliphatic hydroxyl groups is 1. The minimum absolute atomic E-state index is 0.386. The summed E-state index contributed by atoms with van der Waals surface area (Å²) in [5.41, 5.74) is 7.77. The number of β-amino-alcohol motifs (C(OH)–C–C–N with tert-alkyl or cyclic N) is 1. The first-order valence-electron chi connectivity index (χ1n) is 11.3. The number of halogens is 2. The first kappa shape index (κ1) is 23.8. The zero-order chi connectivity index (χ0) is 24.5. The lowest BCUT2D eigenvalue weighted by Crippen LogP contribution is -2.33. The molecule has 4 rings (SSSR count). The molecule has 0 aliphatic carbocycles. The Morgan fingerprint density at radius 3 is 2.56 bits per heavy atom. The Balaban J connectivity index is 1.85. The average Bonchev–Trinajstić information content (AvgIpc) is 3.10. The van der Waals surface area contributed by atoms with Crippen LogP contribution in [0.1, 0.15) is 54.2 Å². The van der Waals surface area contributed by atoms with Crippen LogP contribution in [0.5, 0.6) is 0 Å². The van der Waals surface area contributed by atoms with Gasteiger partial charge in [-0.15, -0.1) is 0 Å². The van der Waals surface area contributed by atoms with Crippen LogP contribution in [0.15, 0.2) is 36.5 Å². The number of hydrogen-bond donors (Lipinski definition) is 2. The summed E-state index contributed by atoms with van der Waals surface area (Å²) in [4.78, 5) is 17.7. The van der Waals surface area contributed by atoms with E-state index >= 15 is 0 Å². The van der Waals surface area contributed by atoms with E-state index < -0.39 is 29.9 Å². The summed E-state index contributed by atoms with van der Waals surface area (Å²) >= 11 is 0. The van der Waals surface area contributed by atoms with Gasteiger partial charge in [0, 0.05) is 35.2 Å². The summed E-state index contributed by atoms with van der Waals surface area (Å²) in [6, 6.07) is 10.1. The second-order valence-corrected chi connectivity index (χ2v) is 8.81. The van der Waals surface area contributed by atoms with Gasteiger partial charge in [-0.25, -0.2) is 8.78 Å². The van der Waals surface area contributed by atoms with Gasteiger partial charge in [-0.3, -0.25) is 9.78 Å². The molecule has 3 heterocycles. The third kappa shape index (κ3) is 4.65. The lowest BCUT2D eigenvalue weighted by molar-refractivity contribution is -0.125. The molecule has 1 unspecified atom stereocenters. The standard InChI is InChI=1S/C25H27F2N5O2/c1-16-23(21(33)15-31-9-3-2-4-10-31)24-20(32(16)19-7-5-17(13-28)6-8-19)11-18(14-30-24)25(26,27)12-22(29)34/h5-8,11,14,21,33H,2-4,9-10,12,15H2,1H3,(H2,29,34). The minimum Gasteiger partial charge on any atom is -0.387 e. The number of alkyl halides is 2. The summed E-state index contributed by atoms with van der Waals surface area (Å²) in [6.07, 6.45) is 2.40. The van der Waals surface area contributed by atoms with Gasteiger partial charge in [0.1, 0.15) is 0 Å². The number of nitrogens with zero attached hydrogens (tertiary/aromatic N) is 4. The van der Waals surface area contributed by atoms with Crippen LogP contribution >= 0.6 is 0 Å². The van der Waals surface area contributed by atoms with E-state index in [4.69, 9.17) is 11.0 Å². The van der Waals surface area contributed by atoms with Crippen LogP contribution in [-0.4, -0.2) is 45.1 Å². The Kier molecular flexibility index (Phi) is 6.64. The molecule has 1 amide bonds. The predicted molar refractivity (Wildman–Crippen MR) is 123 cm³/mol. The number of rotatable bonds is 7. The molecule has 3 aromatic rings. The molecule has 7 nitrogen and oxygen atoms in total. The minimum atomic E-state index is -3.48. The molecule has 0 saturated carbocycles. The van der Waals surface area contributed by atoms with Gasteiger partial charge in [-0.05, 0) is 63.2 Å². The summed E-state index contributed by atoms with van der Waals surface area (Å²) in [5.74, 6) is -4.59. The Bertz CT molecular complexity index is 1240. The number of nitrogens with two attached hydrogens (primary N) is 1. The van der Waals surface area contributed by atoms with Crippen molar-refractivity contribution >= 4 is 16.9 Å². The lowest BCUT2D eigenvalue weighted by Gasteiger charge is -2.28. The number of piperidine rings is 1. The highest BCUT2D eigenvalue weighted by atomic mass is 19.3. The average molecular weight is 468 g/mol. The number of benzene rings is 1. The smallest absolute Gasteiger partial charge is 0.283 e. The van der Waals surface area contributed by atoms with Crippen molar-refractivity contribution in [3.8, 4) is 11.8 Å². The fraction of sp³-hybridized carbons (Fsp3) is 0.400. The molecule has 0 radical (unpaired) electrons. The normalized spacial score (nSPS) is 15.9. The predicted octanol–water partition coefficient (Wildman–Crippen LogP) is 3.69. The Hall–Kier alpha value is -3.35. The highest BCUT2D eigenvalue weighted by Gasteiger charge is 2.35. The van der Waals surface area contributed by atoms with Crippen LogP contribution in [0.25, 0.3) is 16.7 Å². The monoisotopic (exact) mass is 467 g/mol. The number of amides is 1.